The predicted octanol–water partition coefficient (Wildman–Crippen LogP) is 2.15. The smallest absolute Gasteiger partial charge is 0.193 e. The third-order valence-corrected chi connectivity index (χ3v) is 5.49. The fourth-order valence-corrected chi connectivity index (χ4v) is 3.85. The minimum absolute atomic E-state index is 0.796. The molecule has 2 heterocycles. The SMILES string of the molecule is CN=C(NCCCCN1CCOCC1)N1CCN(c2cccc(Cl)c2)CC1. The van der Waals surface area contributed by atoms with Gasteiger partial charge in [-0.25, -0.2) is 0 Å². The molecule has 2 fully saturated rings. The number of benzene rings is 1. The molecule has 2 aliphatic heterocycles. The zero-order chi connectivity index (χ0) is 18.9. The van der Waals surface area contributed by atoms with Crippen LogP contribution in [0, 0.1) is 0 Å². The second-order valence-electron chi connectivity index (χ2n) is 7.09. The van der Waals surface area contributed by atoms with Crippen molar-refractivity contribution < 1.29 is 4.74 Å². The van der Waals surface area contributed by atoms with E-state index in [2.05, 4.69) is 31.1 Å². The molecule has 150 valence electrons. The number of hydrogen-bond donors (Lipinski definition) is 1. The van der Waals surface area contributed by atoms with Gasteiger partial charge in [0.15, 0.2) is 5.96 Å². The second kappa shape index (κ2) is 10.7. The van der Waals surface area contributed by atoms with Crippen molar-refractivity contribution in [2.75, 3.05) is 77.5 Å². The van der Waals surface area contributed by atoms with Crippen LogP contribution in [0.15, 0.2) is 29.3 Å². The molecule has 6 nitrogen and oxygen atoms in total. The van der Waals surface area contributed by atoms with E-state index in [4.69, 9.17) is 16.3 Å². The Hall–Kier alpha value is -1.50. The highest BCUT2D eigenvalue weighted by atomic mass is 35.5. The van der Waals surface area contributed by atoms with Crippen molar-refractivity contribution in [1.82, 2.24) is 15.1 Å². The van der Waals surface area contributed by atoms with Crippen molar-refractivity contribution >= 4 is 23.2 Å². The van der Waals surface area contributed by atoms with Gasteiger partial charge in [-0.3, -0.25) is 9.89 Å². The molecule has 2 saturated heterocycles. The normalized spacial score (nSPS) is 19.4. The summed E-state index contributed by atoms with van der Waals surface area (Å²) in [6.45, 7) is 9.97. The van der Waals surface area contributed by atoms with E-state index >= 15 is 0 Å². The van der Waals surface area contributed by atoms with Crippen LogP contribution in [-0.2, 0) is 4.74 Å². The van der Waals surface area contributed by atoms with Crippen LogP contribution in [-0.4, -0.2) is 88.4 Å². The molecule has 1 aromatic carbocycles. The van der Waals surface area contributed by atoms with Crippen LogP contribution in [0.3, 0.4) is 0 Å². The molecule has 0 atom stereocenters. The highest BCUT2D eigenvalue weighted by molar-refractivity contribution is 6.30. The molecule has 2 aliphatic rings. The number of anilines is 1. The molecule has 0 spiro atoms. The van der Waals surface area contributed by atoms with Crippen molar-refractivity contribution in [3.8, 4) is 0 Å². The number of halogens is 1. The first-order chi connectivity index (χ1) is 13.3. The number of aliphatic imine (C=N–C) groups is 1. The first kappa shape index (κ1) is 20.2. The first-order valence-corrected chi connectivity index (χ1v) is 10.4. The fourth-order valence-electron chi connectivity index (χ4n) is 3.67. The average Bonchev–Trinajstić information content (AvgIpc) is 2.72. The third kappa shape index (κ3) is 6.26. The Morgan fingerprint density at radius 3 is 2.59 bits per heavy atom. The van der Waals surface area contributed by atoms with Gasteiger partial charge < -0.3 is 19.9 Å². The van der Waals surface area contributed by atoms with E-state index in [1.807, 2.05) is 25.2 Å². The standard InChI is InChI=1S/C20H32ClN5O/c1-22-20(23-7-2-3-8-24-13-15-27-16-14-24)26-11-9-25(10-12-26)19-6-4-5-18(21)17-19/h4-6,17H,2-3,7-16H2,1H3,(H,22,23). The van der Waals surface area contributed by atoms with Gasteiger partial charge in [0.2, 0.25) is 0 Å². The highest BCUT2D eigenvalue weighted by Gasteiger charge is 2.19. The fraction of sp³-hybridized carbons (Fsp3) is 0.650. The Labute approximate surface area is 168 Å². The lowest BCUT2D eigenvalue weighted by atomic mass is 10.2. The monoisotopic (exact) mass is 393 g/mol. The Balaban J connectivity index is 1.35. The van der Waals surface area contributed by atoms with Crippen LogP contribution in [0.5, 0.6) is 0 Å². The van der Waals surface area contributed by atoms with Crippen LogP contribution in [0.4, 0.5) is 5.69 Å². The molecule has 0 saturated carbocycles. The van der Waals surface area contributed by atoms with Gasteiger partial charge in [-0.1, -0.05) is 17.7 Å². The van der Waals surface area contributed by atoms with Crippen LogP contribution >= 0.6 is 11.6 Å². The van der Waals surface area contributed by atoms with E-state index in [1.54, 1.807) is 0 Å². The maximum Gasteiger partial charge on any atom is 0.193 e. The van der Waals surface area contributed by atoms with Crippen LogP contribution in [0.1, 0.15) is 12.8 Å². The molecule has 3 rings (SSSR count). The van der Waals surface area contributed by atoms with E-state index in [1.165, 1.54) is 25.1 Å². The van der Waals surface area contributed by atoms with Crippen LogP contribution in [0.25, 0.3) is 0 Å². The van der Waals surface area contributed by atoms with Crippen molar-refractivity contribution in [1.29, 1.82) is 0 Å². The molecule has 0 radical (unpaired) electrons. The summed E-state index contributed by atoms with van der Waals surface area (Å²) >= 11 is 6.12. The summed E-state index contributed by atoms with van der Waals surface area (Å²) in [6, 6.07) is 8.11. The minimum atomic E-state index is 0.796. The van der Waals surface area contributed by atoms with E-state index in [9.17, 15) is 0 Å². The summed E-state index contributed by atoms with van der Waals surface area (Å²) in [5, 5.41) is 4.33. The number of rotatable bonds is 6. The Morgan fingerprint density at radius 2 is 1.89 bits per heavy atom. The maximum absolute atomic E-state index is 6.12. The average molecular weight is 394 g/mol. The van der Waals surface area contributed by atoms with E-state index in [0.717, 1.165) is 70.0 Å². The van der Waals surface area contributed by atoms with Gasteiger partial charge in [-0.15, -0.1) is 0 Å². The lowest BCUT2D eigenvalue weighted by molar-refractivity contribution is 0.0372. The number of nitrogens with zero attached hydrogens (tertiary/aromatic N) is 4. The summed E-state index contributed by atoms with van der Waals surface area (Å²) in [6.07, 6.45) is 2.38. The van der Waals surface area contributed by atoms with E-state index < -0.39 is 0 Å². The number of piperazine rings is 1. The molecular weight excluding hydrogens is 362 g/mol. The van der Waals surface area contributed by atoms with E-state index in [-0.39, 0.29) is 0 Å². The van der Waals surface area contributed by atoms with Gasteiger partial charge >= 0.3 is 0 Å². The van der Waals surface area contributed by atoms with Gasteiger partial charge in [-0.05, 0) is 37.6 Å². The number of guanidine groups is 1. The van der Waals surface area contributed by atoms with E-state index in [0.29, 0.717) is 0 Å². The number of hydrogen-bond acceptors (Lipinski definition) is 4. The first-order valence-electron chi connectivity index (χ1n) is 10.0. The maximum atomic E-state index is 6.12. The molecule has 0 unspecified atom stereocenters. The molecule has 0 amide bonds. The number of morpholine rings is 1. The van der Waals surface area contributed by atoms with Crippen LogP contribution < -0.4 is 10.2 Å². The van der Waals surface area contributed by atoms with Crippen molar-refractivity contribution in [2.24, 2.45) is 4.99 Å². The van der Waals surface area contributed by atoms with Crippen molar-refractivity contribution in [3.63, 3.8) is 0 Å². The number of ether oxygens (including phenoxy) is 1. The zero-order valence-corrected chi connectivity index (χ0v) is 17.1. The molecule has 7 heteroatoms. The lowest BCUT2D eigenvalue weighted by Crippen LogP contribution is -2.52. The van der Waals surface area contributed by atoms with Crippen molar-refractivity contribution in [2.45, 2.75) is 12.8 Å². The molecule has 27 heavy (non-hydrogen) atoms. The molecular formula is C20H32ClN5O. The molecule has 0 bridgehead atoms. The Bertz CT molecular complexity index is 598. The summed E-state index contributed by atoms with van der Waals surface area (Å²) in [5.74, 6) is 1.02. The summed E-state index contributed by atoms with van der Waals surface area (Å²) in [5.41, 5.74) is 1.20. The minimum Gasteiger partial charge on any atom is -0.379 e. The van der Waals surface area contributed by atoms with Gasteiger partial charge in [0.05, 0.1) is 13.2 Å². The number of unbranched alkanes of at least 4 members (excludes halogenated alkanes) is 1. The van der Waals surface area contributed by atoms with Crippen molar-refractivity contribution in [3.05, 3.63) is 29.3 Å². The zero-order valence-electron chi connectivity index (χ0n) is 16.4. The summed E-state index contributed by atoms with van der Waals surface area (Å²) in [7, 11) is 1.87. The quantitative estimate of drug-likeness (QED) is 0.455. The molecule has 0 aliphatic carbocycles. The molecule has 1 aromatic rings. The lowest BCUT2D eigenvalue weighted by Gasteiger charge is -2.37. The molecule has 1 N–H and O–H groups in total. The summed E-state index contributed by atoms with van der Waals surface area (Å²) in [4.78, 5) is 11.7. The van der Waals surface area contributed by atoms with Gasteiger partial charge in [0.25, 0.3) is 0 Å². The predicted molar refractivity (Wildman–Crippen MR) is 113 cm³/mol. The third-order valence-electron chi connectivity index (χ3n) is 5.25. The van der Waals surface area contributed by atoms with Crippen LogP contribution in [0.2, 0.25) is 5.02 Å². The van der Waals surface area contributed by atoms with Gasteiger partial charge in [0, 0.05) is 63.6 Å². The van der Waals surface area contributed by atoms with Gasteiger partial charge in [0.1, 0.15) is 0 Å². The Morgan fingerprint density at radius 1 is 1.11 bits per heavy atom. The van der Waals surface area contributed by atoms with Gasteiger partial charge in [-0.2, -0.15) is 0 Å². The highest BCUT2D eigenvalue weighted by Crippen LogP contribution is 2.20. The molecule has 0 aromatic heterocycles. The second-order valence-corrected chi connectivity index (χ2v) is 7.53. The Kier molecular flexibility index (Phi) is 8.05. The number of nitrogens with one attached hydrogen (secondary N) is 1. The topological polar surface area (TPSA) is 43.3 Å². The largest absolute Gasteiger partial charge is 0.379 e. The summed E-state index contributed by atoms with van der Waals surface area (Å²) < 4.78 is 5.40.